The maximum Gasteiger partial charge on any atom is 0.328 e. The second-order valence-corrected chi connectivity index (χ2v) is 3.93. The lowest BCUT2D eigenvalue weighted by Gasteiger charge is -2.13. The van der Waals surface area contributed by atoms with Crippen LogP contribution in [0.15, 0.2) is 30.3 Å². The number of carbonyl (C=O) groups is 3. The van der Waals surface area contributed by atoms with Crippen LogP contribution in [0, 0.1) is 0 Å². The van der Waals surface area contributed by atoms with Crippen molar-refractivity contribution in [2.75, 3.05) is 0 Å². The van der Waals surface area contributed by atoms with E-state index in [1.807, 2.05) is 30.3 Å². The minimum atomic E-state index is -1.02. The fraction of sp³-hybridized carbons (Fsp3) is 0.308. The lowest BCUT2D eigenvalue weighted by Crippen LogP contribution is -2.43. The van der Waals surface area contributed by atoms with E-state index in [1.165, 1.54) is 0 Å². The van der Waals surface area contributed by atoms with Crippen LogP contribution in [0.3, 0.4) is 0 Å². The zero-order valence-corrected chi connectivity index (χ0v) is 10.3. The fourth-order valence-corrected chi connectivity index (χ4v) is 1.65. The van der Waals surface area contributed by atoms with E-state index in [0.29, 0.717) is 11.3 Å². The number of imide groups is 3. The molecule has 1 aromatic rings. The first-order chi connectivity index (χ1) is 8.52. The van der Waals surface area contributed by atoms with Crippen molar-refractivity contribution < 1.29 is 14.4 Å². The molecule has 0 fully saturated rings. The van der Waals surface area contributed by atoms with Crippen LogP contribution in [0.4, 0.5) is 4.79 Å². The van der Waals surface area contributed by atoms with Crippen LogP contribution in [0.5, 0.6) is 0 Å². The Morgan fingerprint density at radius 2 is 1.78 bits per heavy atom. The minimum absolute atomic E-state index is 0.122. The number of nitrogens with zero attached hydrogens (tertiary/aromatic N) is 1. The van der Waals surface area contributed by atoms with Gasteiger partial charge in [-0.3, -0.25) is 9.59 Å². The summed E-state index contributed by atoms with van der Waals surface area (Å²) in [5, 5.41) is 0. The van der Waals surface area contributed by atoms with Crippen LogP contribution in [0.1, 0.15) is 25.3 Å². The molecule has 0 saturated heterocycles. The summed E-state index contributed by atoms with van der Waals surface area (Å²) in [4.78, 5) is 34.1. The van der Waals surface area contributed by atoms with Gasteiger partial charge >= 0.3 is 6.03 Å². The first-order valence-corrected chi connectivity index (χ1v) is 5.69. The molecular formula is C13H16N2O3. The molecule has 1 rings (SSSR count). The molecular weight excluding hydrogens is 232 g/mol. The normalized spacial score (nSPS) is 9.83. The molecule has 0 aliphatic heterocycles. The molecule has 4 amide bonds. The van der Waals surface area contributed by atoms with Gasteiger partial charge in [0.15, 0.2) is 0 Å². The van der Waals surface area contributed by atoms with Crippen LogP contribution in [0.2, 0.25) is 0 Å². The quantitative estimate of drug-likeness (QED) is 0.875. The Morgan fingerprint density at radius 1 is 1.17 bits per heavy atom. The van der Waals surface area contributed by atoms with Crippen molar-refractivity contribution in [3.8, 4) is 0 Å². The molecule has 0 bridgehead atoms. The number of hydrogen-bond acceptors (Lipinski definition) is 3. The Hall–Kier alpha value is -2.17. The molecule has 18 heavy (non-hydrogen) atoms. The van der Waals surface area contributed by atoms with E-state index in [-0.39, 0.29) is 6.42 Å². The number of nitrogens with two attached hydrogens (primary N) is 1. The lowest BCUT2D eigenvalue weighted by atomic mass is 10.1. The van der Waals surface area contributed by atoms with E-state index in [0.717, 1.165) is 18.9 Å². The van der Waals surface area contributed by atoms with E-state index in [9.17, 15) is 14.4 Å². The minimum Gasteiger partial charge on any atom is -0.351 e. The van der Waals surface area contributed by atoms with Crippen LogP contribution in [-0.2, 0) is 16.0 Å². The third kappa shape index (κ3) is 4.01. The first-order valence-electron chi connectivity index (χ1n) is 5.69. The van der Waals surface area contributed by atoms with Crippen molar-refractivity contribution in [1.29, 1.82) is 0 Å². The third-order valence-electron chi connectivity index (χ3n) is 2.48. The zero-order chi connectivity index (χ0) is 13.5. The topological polar surface area (TPSA) is 80.5 Å². The van der Waals surface area contributed by atoms with Gasteiger partial charge in [-0.15, -0.1) is 0 Å². The van der Waals surface area contributed by atoms with Gasteiger partial charge < -0.3 is 5.73 Å². The highest BCUT2D eigenvalue weighted by molar-refractivity contribution is 6.09. The summed E-state index contributed by atoms with van der Waals surface area (Å²) in [5.41, 5.74) is 6.08. The number of carbonyl (C=O) groups excluding carboxylic acids is 3. The molecule has 96 valence electrons. The summed E-state index contributed by atoms with van der Waals surface area (Å²) in [6, 6.07) is 8.65. The average Bonchev–Trinajstić information content (AvgIpc) is 2.29. The van der Waals surface area contributed by atoms with Crippen molar-refractivity contribution in [3.63, 3.8) is 0 Å². The standard InChI is InChI=1S/C13H16N2O3/c1-10(16)15(13(14)18)12(17)9-5-8-11-6-3-2-4-7-11/h2-4,6-7H,5,8-9H2,1H3,(H2,14,18). The van der Waals surface area contributed by atoms with Gasteiger partial charge in [-0.05, 0) is 18.4 Å². The fourth-order valence-electron chi connectivity index (χ4n) is 1.65. The molecule has 0 radical (unpaired) electrons. The zero-order valence-electron chi connectivity index (χ0n) is 10.3. The van der Waals surface area contributed by atoms with Gasteiger partial charge in [0.05, 0.1) is 0 Å². The number of rotatable bonds is 4. The maximum absolute atomic E-state index is 11.6. The molecule has 0 spiro atoms. The van der Waals surface area contributed by atoms with Crippen molar-refractivity contribution in [3.05, 3.63) is 35.9 Å². The molecule has 5 nitrogen and oxygen atoms in total. The molecule has 0 aliphatic rings. The Balaban J connectivity index is 2.46. The summed E-state index contributed by atoms with van der Waals surface area (Å²) in [7, 11) is 0. The highest BCUT2D eigenvalue weighted by Gasteiger charge is 2.22. The van der Waals surface area contributed by atoms with Gasteiger partial charge in [0.25, 0.3) is 0 Å². The molecule has 2 N–H and O–H groups in total. The number of urea groups is 1. The smallest absolute Gasteiger partial charge is 0.328 e. The molecule has 0 aliphatic carbocycles. The van der Waals surface area contributed by atoms with Crippen molar-refractivity contribution >= 4 is 17.8 Å². The highest BCUT2D eigenvalue weighted by Crippen LogP contribution is 2.06. The molecule has 0 unspecified atom stereocenters. The van der Waals surface area contributed by atoms with E-state index in [1.54, 1.807) is 0 Å². The number of hydrogen-bond donors (Lipinski definition) is 1. The average molecular weight is 248 g/mol. The molecule has 5 heteroatoms. The molecule has 0 aromatic heterocycles. The third-order valence-corrected chi connectivity index (χ3v) is 2.48. The number of primary amides is 1. The van der Waals surface area contributed by atoms with E-state index in [2.05, 4.69) is 0 Å². The Kier molecular flexibility index (Phi) is 5.05. The number of aryl methyl sites for hydroxylation is 1. The van der Waals surface area contributed by atoms with Crippen molar-refractivity contribution in [2.24, 2.45) is 5.73 Å². The summed E-state index contributed by atoms with van der Waals surface area (Å²) >= 11 is 0. The van der Waals surface area contributed by atoms with Gasteiger partial charge in [0.1, 0.15) is 0 Å². The van der Waals surface area contributed by atoms with Crippen LogP contribution >= 0.6 is 0 Å². The van der Waals surface area contributed by atoms with Crippen molar-refractivity contribution in [2.45, 2.75) is 26.2 Å². The molecule has 1 aromatic carbocycles. The summed E-state index contributed by atoms with van der Waals surface area (Å²) in [6.45, 7) is 1.14. The van der Waals surface area contributed by atoms with Gasteiger partial charge in [-0.1, -0.05) is 30.3 Å². The molecule has 0 saturated carbocycles. The predicted octanol–water partition coefficient (Wildman–Crippen LogP) is 1.46. The lowest BCUT2D eigenvalue weighted by molar-refractivity contribution is -0.139. The van der Waals surface area contributed by atoms with E-state index < -0.39 is 17.8 Å². The molecule has 0 atom stereocenters. The largest absolute Gasteiger partial charge is 0.351 e. The SMILES string of the molecule is CC(=O)N(C(N)=O)C(=O)CCCc1ccccc1. The Labute approximate surface area is 106 Å². The molecule has 0 heterocycles. The summed E-state index contributed by atoms with van der Waals surface area (Å²) in [5.74, 6) is -1.20. The monoisotopic (exact) mass is 248 g/mol. The predicted molar refractivity (Wildman–Crippen MR) is 66.5 cm³/mol. The van der Waals surface area contributed by atoms with E-state index >= 15 is 0 Å². The highest BCUT2D eigenvalue weighted by atomic mass is 16.2. The van der Waals surface area contributed by atoms with Gasteiger partial charge in [0, 0.05) is 13.3 Å². The van der Waals surface area contributed by atoms with Gasteiger partial charge in [-0.25, -0.2) is 9.69 Å². The van der Waals surface area contributed by atoms with Crippen molar-refractivity contribution in [1.82, 2.24) is 4.90 Å². The van der Waals surface area contributed by atoms with Gasteiger partial charge in [0.2, 0.25) is 11.8 Å². The first kappa shape index (κ1) is 13.9. The maximum atomic E-state index is 11.6. The van der Waals surface area contributed by atoms with Crippen LogP contribution in [0.25, 0.3) is 0 Å². The van der Waals surface area contributed by atoms with Crippen LogP contribution < -0.4 is 5.73 Å². The Morgan fingerprint density at radius 3 is 2.28 bits per heavy atom. The van der Waals surface area contributed by atoms with Crippen LogP contribution in [-0.4, -0.2) is 22.7 Å². The summed E-state index contributed by atoms with van der Waals surface area (Å²) in [6.07, 6.45) is 1.41. The number of benzene rings is 1. The summed E-state index contributed by atoms with van der Waals surface area (Å²) < 4.78 is 0. The number of amides is 4. The second kappa shape index (κ2) is 6.54. The Bertz CT molecular complexity index is 429. The van der Waals surface area contributed by atoms with Gasteiger partial charge in [-0.2, -0.15) is 0 Å². The second-order valence-electron chi connectivity index (χ2n) is 3.93. The van der Waals surface area contributed by atoms with E-state index in [4.69, 9.17) is 5.73 Å².